The van der Waals surface area contributed by atoms with Crippen molar-refractivity contribution >= 4 is 5.91 Å². The van der Waals surface area contributed by atoms with Crippen LogP contribution >= 0.6 is 0 Å². The summed E-state index contributed by atoms with van der Waals surface area (Å²) in [6.07, 6.45) is 2.44. The fourth-order valence-corrected chi connectivity index (χ4v) is 4.17. The Balaban J connectivity index is 0.00000190. The van der Waals surface area contributed by atoms with E-state index in [-0.39, 0.29) is 26.3 Å². The smallest absolute Gasteiger partial charge is 0.268 e. The Morgan fingerprint density at radius 2 is 1.89 bits per heavy atom. The van der Waals surface area contributed by atoms with Crippen molar-refractivity contribution in [1.29, 1.82) is 0 Å². The molecule has 0 spiro atoms. The molecule has 2 aromatic carbocycles. The molecule has 35 heavy (non-hydrogen) atoms. The molecular weight excluding hydrogens is 447 g/mol. The van der Waals surface area contributed by atoms with Crippen LogP contribution in [-0.4, -0.2) is 69.1 Å². The average Bonchev–Trinajstić information content (AvgIpc) is 3.55. The molecule has 0 radical (unpaired) electrons. The second-order valence-corrected chi connectivity index (χ2v) is 8.82. The summed E-state index contributed by atoms with van der Waals surface area (Å²) in [6, 6.07) is 14.2. The van der Waals surface area contributed by atoms with Gasteiger partial charge in [0.05, 0.1) is 23.1 Å². The van der Waals surface area contributed by atoms with Crippen molar-refractivity contribution in [3.8, 4) is 34.3 Å². The van der Waals surface area contributed by atoms with Crippen LogP contribution in [0.1, 0.15) is 25.3 Å². The van der Waals surface area contributed by atoms with Crippen LogP contribution in [0.2, 0.25) is 0 Å². The Morgan fingerprint density at radius 1 is 1.11 bits per heavy atom. The van der Waals surface area contributed by atoms with Gasteiger partial charge in [-0.15, -0.1) is 10.2 Å². The topological polar surface area (TPSA) is 88.3 Å². The number of nitrogens with zero attached hydrogens (tertiary/aromatic N) is 6. The van der Waals surface area contributed by atoms with Crippen LogP contribution in [0.5, 0.6) is 0 Å². The largest absolute Gasteiger partial charge is 0.415 e. The lowest BCUT2D eigenvalue weighted by Gasteiger charge is -2.20. The van der Waals surface area contributed by atoms with Crippen molar-refractivity contribution in [2.45, 2.75) is 19.4 Å². The van der Waals surface area contributed by atoms with Crippen molar-refractivity contribution in [3.05, 3.63) is 71.8 Å². The van der Waals surface area contributed by atoms with Crippen LogP contribution < -0.4 is 0 Å². The van der Waals surface area contributed by atoms with Crippen LogP contribution in [0.4, 0.5) is 4.39 Å². The molecule has 1 fully saturated rings. The molecule has 1 atom stereocenters. The molecule has 0 aliphatic carbocycles. The minimum atomic E-state index is -0.589. The number of aryl methyl sites for hydroxylation is 1. The third-order valence-electron chi connectivity index (χ3n) is 6.28. The molecular formula is C26H29FN6O2. The number of hydrogen-bond acceptors (Lipinski definition) is 7. The number of carbonyl (C=O) groups excluding carboxylic acids is 1. The first-order valence-corrected chi connectivity index (χ1v) is 11.4. The molecule has 1 saturated heterocycles. The monoisotopic (exact) mass is 476 g/mol. The van der Waals surface area contributed by atoms with Crippen LogP contribution in [0.15, 0.2) is 59.1 Å². The number of hydrogen-bond donors (Lipinski definition) is 0. The molecule has 5 rings (SSSR count). The number of benzene rings is 2. The predicted molar refractivity (Wildman–Crippen MR) is 133 cm³/mol. The Hall–Kier alpha value is -3.98. The van der Waals surface area contributed by atoms with Gasteiger partial charge in [-0.1, -0.05) is 24.3 Å². The molecule has 3 heterocycles. The molecule has 1 aliphatic rings. The summed E-state index contributed by atoms with van der Waals surface area (Å²) < 4.78 is 20.9. The second-order valence-electron chi connectivity index (χ2n) is 8.82. The molecule has 8 nitrogen and oxygen atoms in total. The maximum atomic E-state index is 15.0. The number of carbonyl (C=O) groups is 1. The molecule has 182 valence electrons. The van der Waals surface area contributed by atoms with Crippen LogP contribution in [0, 0.1) is 12.7 Å². The van der Waals surface area contributed by atoms with Crippen molar-refractivity contribution in [1.82, 2.24) is 30.0 Å². The van der Waals surface area contributed by atoms with E-state index in [1.165, 1.54) is 12.1 Å². The van der Waals surface area contributed by atoms with E-state index in [1.807, 2.05) is 44.4 Å². The molecule has 1 amide bonds. The van der Waals surface area contributed by atoms with Gasteiger partial charge in [-0.2, -0.15) is 0 Å². The third-order valence-corrected chi connectivity index (χ3v) is 6.28. The summed E-state index contributed by atoms with van der Waals surface area (Å²) in [5, 5.41) is 8.24. The Kier molecular flexibility index (Phi) is 6.08. The highest BCUT2D eigenvalue weighted by Gasteiger charge is 2.29. The Labute approximate surface area is 205 Å². The minimum Gasteiger partial charge on any atom is -0.415 e. The number of halogens is 1. The maximum Gasteiger partial charge on any atom is 0.268 e. The quantitative estimate of drug-likeness (QED) is 0.417. The van der Waals surface area contributed by atoms with Crippen LogP contribution in [-0.2, 0) is 0 Å². The first-order valence-electron chi connectivity index (χ1n) is 11.4. The molecule has 4 aromatic rings. The second kappa shape index (κ2) is 9.34. The van der Waals surface area contributed by atoms with Gasteiger partial charge >= 0.3 is 0 Å². The van der Waals surface area contributed by atoms with E-state index in [2.05, 4.69) is 25.1 Å². The highest BCUT2D eigenvalue weighted by atomic mass is 19.1. The van der Waals surface area contributed by atoms with Gasteiger partial charge in [-0.05, 0) is 51.7 Å². The highest BCUT2D eigenvalue weighted by Crippen LogP contribution is 2.28. The fraction of sp³-hybridized carbons (Fsp3) is 0.269. The van der Waals surface area contributed by atoms with E-state index in [1.54, 1.807) is 24.1 Å². The molecule has 1 aliphatic heterocycles. The minimum absolute atomic E-state index is 0. The normalized spacial score (nSPS) is 15.7. The van der Waals surface area contributed by atoms with E-state index in [4.69, 9.17) is 4.42 Å². The van der Waals surface area contributed by atoms with Gasteiger partial charge in [0.1, 0.15) is 11.5 Å². The number of aromatic nitrogens is 4. The lowest BCUT2D eigenvalue weighted by atomic mass is 10.1. The zero-order valence-electron chi connectivity index (χ0n) is 19.8. The first kappa shape index (κ1) is 22.8. The zero-order valence-corrected chi connectivity index (χ0v) is 19.8. The molecule has 0 N–H and O–H groups in total. The standard InChI is InChI=1S/C26H25FN6O2.2H2/c1-16-23(25-31-30-24(35-25)17-7-5-4-6-8-17)29-22(14-28-16)18-9-10-20(21(27)13-18)26(34)33-12-11-19(15-33)32(2)3;;/h4-10,13-14,19H,11-12,15H2,1-3H3;2*1H/t19-;;/m1../s1. The molecule has 0 bridgehead atoms. The molecule has 0 unspecified atom stereocenters. The highest BCUT2D eigenvalue weighted by molar-refractivity contribution is 5.95. The molecule has 0 saturated carbocycles. The van der Waals surface area contributed by atoms with Gasteiger partial charge in [0, 0.05) is 33.1 Å². The lowest BCUT2D eigenvalue weighted by molar-refractivity contribution is 0.0778. The number of amides is 1. The third kappa shape index (κ3) is 4.54. The van der Waals surface area contributed by atoms with Gasteiger partial charge in [0.2, 0.25) is 5.89 Å². The summed E-state index contributed by atoms with van der Waals surface area (Å²) in [7, 11) is 3.98. The average molecular weight is 477 g/mol. The van der Waals surface area contributed by atoms with Crippen LogP contribution in [0.3, 0.4) is 0 Å². The van der Waals surface area contributed by atoms with E-state index in [0.29, 0.717) is 41.6 Å². The molecule has 2 aromatic heterocycles. The van der Waals surface area contributed by atoms with E-state index >= 15 is 4.39 Å². The van der Waals surface area contributed by atoms with Crippen molar-refractivity contribution in [2.75, 3.05) is 27.2 Å². The van der Waals surface area contributed by atoms with Gasteiger partial charge < -0.3 is 14.2 Å². The zero-order chi connectivity index (χ0) is 24.5. The van der Waals surface area contributed by atoms with Crippen molar-refractivity contribution in [3.63, 3.8) is 0 Å². The van der Waals surface area contributed by atoms with E-state index < -0.39 is 5.82 Å². The van der Waals surface area contributed by atoms with E-state index in [9.17, 15) is 4.79 Å². The maximum absolute atomic E-state index is 15.0. The molecule has 9 heteroatoms. The van der Waals surface area contributed by atoms with Crippen LogP contribution in [0.25, 0.3) is 34.3 Å². The number of likely N-dealkylation sites (N-methyl/N-ethyl adjacent to an activating group) is 1. The van der Waals surface area contributed by atoms with Crippen molar-refractivity contribution < 1.29 is 16.5 Å². The lowest BCUT2D eigenvalue weighted by Crippen LogP contribution is -2.34. The summed E-state index contributed by atoms with van der Waals surface area (Å²) >= 11 is 0. The van der Waals surface area contributed by atoms with Gasteiger partial charge in [-0.3, -0.25) is 9.78 Å². The summed E-state index contributed by atoms with van der Waals surface area (Å²) in [5.41, 5.74) is 2.82. The van der Waals surface area contributed by atoms with Crippen molar-refractivity contribution in [2.24, 2.45) is 0 Å². The van der Waals surface area contributed by atoms with E-state index in [0.717, 1.165) is 12.0 Å². The summed E-state index contributed by atoms with van der Waals surface area (Å²) in [5.74, 6) is -0.283. The fourth-order valence-electron chi connectivity index (χ4n) is 4.17. The Bertz CT molecular complexity index is 1380. The van der Waals surface area contributed by atoms with Gasteiger partial charge in [0.25, 0.3) is 11.8 Å². The van der Waals surface area contributed by atoms with Gasteiger partial charge in [0.15, 0.2) is 0 Å². The SMILES string of the molecule is Cc1ncc(-c2ccc(C(=O)N3CC[C@@H](N(C)C)C3)c(F)c2)nc1-c1nnc(-c2ccccc2)o1.[HH].[HH]. The first-order chi connectivity index (χ1) is 16.9. The predicted octanol–water partition coefficient (Wildman–Crippen LogP) is 4.58. The van der Waals surface area contributed by atoms with Gasteiger partial charge in [-0.25, -0.2) is 9.37 Å². The summed E-state index contributed by atoms with van der Waals surface area (Å²) in [6.45, 7) is 3.00. The number of likely N-dealkylation sites (tertiary alicyclic amines) is 1. The summed E-state index contributed by atoms with van der Waals surface area (Å²) in [4.78, 5) is 25.7. The Morgan fingerprint density at radius 3 is 2.60 bits per heavy atom. The number of rotatable bonds is 5.